The molecule has 3 nitrogen and oxygen atoms in total. The average molecular weight is 243 g/mol. The number of rotatable bonds is 7. The van der Waals surface area contributed by atoms with E-state index in [1.165, 1.54) is 5.56 Å². The second-order valence-corrected chi connectivity index (χ2v) is 4.47. The zero-order chi connectivity index (χ0) is 12.6. The first-order chi connectivity index (χ1) is 8.88. The number of hydrogen-bond acceptors (Lipinski definition) is 2. The van der Waals surface area contributed by atoms with Crippen molar-refractivity contribution in [3.8, 4) is 0 Å². The van der Waals surface area contributed by atoms with E-state index in [-0.39, 0.29) is 0 Å². The van der Waals surface area contributed by atoms with Gasteiger partial charge in [0, 0.05) is 19.3 Å². The van der Waals surface area contributed by atoms with Crippen LogP contribution in [0.3, 0.4) is 0 Å². The molecule has 0 saturated carbocycles. The van der Waals surface area contributed by atoms with Gasteiger partial charge in [-0.15, -0.1) is 0 Å². The van der Waals surface area contributed by atoms with E-state index in [2.05, 4.69) is 58.3 Å². The lowest BCUT2D eigenvalue weighted by Gasteiger charge is -2.02. The van der Waals surface area contributed by atoms with Crippen molar-refractivity contribution in [2.75, 3.05) is 6.54 Å². The zero-order valence-electron chi connectivity index (χ0n) is 11.0. The van der Waals surface area contributed by atoms with Crippen LogP contribution in [0.1, 0.15) is 24.6 Å². The Morgan fingerprint density at radius 1 is 1.22 bits per heavy atom. The summed E-state index contributed by atoms with van der Waals surface area (Å²) in [6.07, 6.45) is 6.34. The molecule has 0 unspecified atom stereocenters. The van der Waals surface area contributed by atoms with E-state index < -0.39 is 0 Å². The van der Waals surface area contributed by atoms with E-state index in [9.17, 15) is 0 Å². The van der Waals surface area contributed by atoms with Crippen molar-refractivity contribution >= 4 is 0 Å². The first-order valence-electron chi connectivity index (χ1n) is 6.64. The Morgan fingerprint density at radius 3 is 2.83 bits per heavy atom. The second kappa shape index (κ2) is 6.97. The average Bonchev–Trinajstić information content (AvgIpc) is 2.85. The normalized spacial score (nSPS) is 10.7. The molecule has 1 N–H and O–H groups in total. The Bertz CT molecular complexity index is 448. The van der Waals surface area contributed by atoms with Crippen molar-refractivity contribution in [3.63, 3.8) is 0 Å². The van der Waals surface area contributed by atoms with E-state index in [1.54, 1.807) is 0 Å². The number of nitrogens with zero attached hydrogens (tertiary/aromatic N) is 2. The molecule has 1 aromatic carbocycles. The van der Waals surface area contributed by atoms with Crippen LogP contribution >= 0.6 is 0 Å². The summed E-state index contributed by atoms with van der Waals surface area (Å²) in [4.78, 5) is 4.38. The Morgan fingerprint density at radius 2 is 2.06 bits per heavy atom. The number of benzene rings is 1. The number of aryl methyl sites for hydroxylation is 2. The summed E-state index contributed by atoms with van der Waals surface area (Å²) >= 11 is 0. The van der Waals surface area contributed by atoms with Crippen LogP contribution in [0.15, 0.2) is 42.9 Å². The van der Waals surface area contributed by atoms with E-state index >= 15 is 0 Å². The van der Waals surface area contributed by atoms with Gasteiger partial charge >= 0.3 is 0 Å². The minimum Gasteiger partial charge on any atom is -0.337 e. The lowest BCUT2D eigenvalue weighted by molar-refractivity contribution is 0.640. The molecular weight excluding hydrogens is 222 g/mol. The number of nitrogens with one attached hydrogen (secondary N) is 1. The molecule has 1 heterocycles. The highest BCUT2D eigenvalue weighted by Gasteiger charge is 1.98. The molecule has 2 aromatic rings. The third-order valence-electron chi connectivity index (χ3n) is 2.97. The molecule has 3 heteroatoms. The van der Waals surface area contributed by atoms with Gasteiger partial charge in [0.2, 0.25) is 0 Å². The molecule has 0 bridgehead atoms. The fourth-order valence-electron chi connectivity index (χ4n) is 1.98. The second-order valence-electron chi connectivity index (χ2n) is 4.47. The van der Waals surface area contributed by atoms with Crippen molar-refractivity contribution in [3.05, 3.63) is 54.1 Å². The van der Waals surface area contributed by atoms with Crippen LogP contribution in [-0.4, -0.2) is 16.1 Å². The van der Waals surface area contributed by atoms with Gasteiger partial charge in [0.15, 0.2) is 0 Å². The lowest BCUT2D eigenvalue weighted by atomic mass is 10.1. The molecular formula is C15H21N3. The fraction of sp³-hybridized carbons (Fsp3) is 0.400. The van der Waals surface area contributed by atoms with Crippen LogP contribution in [0.4, 0.5) is 0 Å². The molecule has 2 rings (SSSR count). The number of imidazole rings is 1. The maximum Gasteiger partial charge on any atom is 0.0949 e. The van der Waals surface area contributed by atoms with Crippen molar-refractivity contribution in [2.24, 2.45) is 0 Å². The van der Waals surface area contributed by atoms with Crippen molar-refractivity contribution in [1.29, 1.82) is 0 Å². The summed E-state index contributed by atoms with van der Waals surface area (Å²) in [5, 5.41) is 3.28. The first-order valence-corrected chi connectivity index (χ1v) is 6.64. The lowest BCUT2D eigenvalue weighted by Crippen LogP contribution is -2.11. The van der Waals surface area contributed by atoms with Crippen LogP contribution in [0, 0.1) is 0 Å². The highest BCUT2D eigenvalue weighted by molar-refractivity contribution is 5.14. The van der Waals surface area contributed by atoms with Gasteiger partial charge in [-0.25, -0.2) is 4.98 Å². The monoisotopic (exact) mass is 243 g/mol. The van der Waals surface area contributed by atoms with Crippen LogP contribution in [0.5, 0.6) is 0 Å². The predicted molar refractivity (Wildman–Crippen MR) is 74.4 cm³/mol. The summed E-state index contributed by atoms with van der Waals surface area (Å²) in [5.41, 5.74) is 2.53. The molecule has 0 aliphatic heterocycles. The standard InChI is InChI=1S/C15H21N3/c1-2-16-11-15-12-18(13-17-15)10-6-9-14-7-4-3-5-8-14/h3-5,7-8,12-13,16H,2,6,9-11H2,1H3. The van der Waals surface area contributed by atoms with E-state index in [4.69, 9.17) is 0 Å². The Kier molecular flexibility index (Phi) is 4.97. The Labute approximate surface area is 109 Å². The van der Waals surface area contributed by atoms with Gasteiger partial charge in [-0.05, 0) is 24.9 Å². The highest BCUT2D eigenvalue weighted by Crippen LogP contribution is 2.04. The molecule has 0 radical (unpaired) electrons. The largest absolute Gasteiger partial charge is 0.337 e. The third-order valence-corrected chi connectivity index (χ3v) is 2.97. The molecule has 0 atom stereocenters. The van der Waals surface area contributed by atoms with Gasteiger partial charge < -0.3 is 9.88 Å². The topological polar surface area (TPSA) is 29.9 Å². The molecule has 96 valence electrons. The molecule has 0 aliphatic rings. The van der Waals surface area contributed by atoms with E-state index in [0.717, 1.165) is 38.2 Å². The SMILES string of the molecule is CCNCc1cn(CCCc2ccccc2)cn1. The molecule has 0 aliphatic carbocycles. The summed E-state index contributed by atoms with van der Waals surface area (Å²) in [6.45, 7) is 4.99. The van der Waals surface area contributed by atoms with Crippen LogP contribution in [0.25, 0.3) is 0 Å². The van der Waals surface area contributed by atoms with Gasteiger partial charge in [0.25, 0.3) is 0 Å². The number of hydrogen-bond donors (Lipinski definition) is 1. The smallest absolute Gasteiger partial charge is 0.0949 e. The summed E-state index contributed by atoms with van der Waals surface area (Å²) in [6, 6.07) is 10.6. The van der Waals surface area contributed by atoms with Gasteiger partial charge in [-0.1, -0.05) is 37.3 Å². The van der Waals surface area contributed by atoms with Crippen LogP contribution in [-0.2, 0) is 19.5 Å². The number of aromatic nitrogens is 2. The molecule has 0 fully saturated rings. The maximum atomic E-state index is 4.38. The minimum absolute atomic E-state index is 0.863. The molecule has 18 heavy (non-hydrogen) atoms. The molecule has 0 saturated heterocycles. The Hall–Kier alpha value is -1.61. The molecule has 0 amide bonds. The van der Waals surface area contributed by atoms with Crippen molar-refractivity contribution in [2.45, 2.75) is 32.9 Å². The third kappa shape index (κ3) is 4.00. The van der Waals surface area contributed by atoms with Crippen LogP contribution in [0.2, 0.25) is 0 Å². The van der Waals surface area contributed by atoms with Crippen molar-refractivity contribution in [1.82, 2.24) is 14.9 Å². The Balaban J connectivity index is 1.75. The van der Waals surface area contributed by atoms with Gasteiger partial charge in [0.05, 0.1) is 12.0 Å². The molecule has 0 spiro atoms. The fourth-order valence-corrected chi connectivity index (χ4v) is 1.98. The maximum absolute atomic E-state index is 4.38. The summed E-state index contributed by atoms with van der Waals surface area (Å²) in [7, 11) is 0. The van der Waals surface area contributed by atoms with Gasteiger partial charge in [0.1, 0.15) is 0 Å². The zero-order valence-corrected chi connectivity index (χ0v) is 11.0. The van der Waals surface area contributed by atoms with Gasteiger partial charge in [-0.2, -0.15) is 0 Å². The van der Waals surface area contributed by atoms with Crippen molar-refractivity contribution < 1.29 is 0 Å². The summed E-state index contributed by atoms with van der Waals surface area (Å²) in [5.74, 6) is 0. The van der Waals surface area contributed by atoms with Gasteiger partial charge in [-0.3, -0.25) is 0 Å². The highest BCUT2D eigenvalue weighted by atomic mass is 15.0. The quantitative estimate of drug-likeness (QED) is 0.810. The minimum atomic E-state index is 0.863. The van der Waals surface area contributed by atoms with E-state index in [1.807, 2.05) is 6.33 Å². The first kappa shape index (κ1) is 12.8. The molecule has 1 aromatic heterocycles. The summed E-state index contributed by atoms with van der Waals surface area (Å²) < 4.78 is 2.18. The van der Waals surface area contributed by atoms with Crippen LogP contribution < -0.4 is 5.32 Å². The van der Waals surface area contributed by atoms with E-state index in [0.29, 0.717) is 0 Å². The predicted octanol–water partition coefficient (Wildman–Crippen LogP) is 2.63.